The normalized spacial score (nSPS) is 26.5. The molecule has 2 rings (SSSR count). The van der Waals surface area contributed by atoms with E-state index >= 15 is 0 Å². The van der Waals surface area contributed by atoms with E-state index in [0.717, 1.165) is 5.56 Å². The van der Waals surface area contributed by atoms with Crippen molar-refractivity contribution >= 4 is 5.78 Å². The fourth-order valence-electron chi connectivity index (χ4n) is 2.39. The number of hydrogen-bond donors (Lipinski definition) is 0. The summed E-state index contributed by atoms with van der Waals surface area (Å²) in [5.41, 5.74) is -0.439. The molecule has 1 saturated carbocycles. The van der Waals surface area contributed by atoms with E-state index in [1.54, 1.807) is 0 Å². The average Bonchev–Trinajstić information content (AvgIpc) is 3.07. The van der Waals surface area contributed by atoms with Crippen molar-refractivity contribution in [3.05, 3.63) is 46.0 Å². The number of nitrogens with zero attached hydrogens (tertiary/aromatic N) is 1. The van der Waals surface area contributed by atoms with Crippen LogP contribution in [0.3, 0.4) is 0 Å². The van der Waals surface area contributed by atoms with Gasteiger partial charge in [-0.15, -0.1) is 0 Å². The molecule has 0 aliphatic heterocycles. The molecular weight excluding hydrogens is 218 g/mol. The summed E-state index contributed by atoms with van der Waals surface area (Å²) < 4.78 is 0. The summed E-state index contributed by atoms with van der Waals surface area (Å²) in [7, 11) is 0. The zero-order valence-corrected chi connectivity index (χ0v) is 9.76. The van der Waals surface area contributed by atoms with Crippen molar-refractivity contribution in [2.24, 2.45) is 0 Å². The van der Waals surface area contributed by atoms with E-state index in [9.17, 15) is 14.9 Å². The molecule has 0 amide bonds. The summed E-state index contributed by atoms with van der Waals surface area (Å²) in [4.78, 5) is 22.7. The maximum Gasteiger partial charge on any atom is 0.287 e. The van der Waals surface area contributed by atoms with E-state index in [0.29, 0.717) is 19.3 Å². The molecule has 0 heterocycles. The summed E-state index contributed by atoms with van der Waals surface area (Å²) in [6.45, 7) is 1.87. The lowest BCUT2D eigenvalue weighted by Gasteiger charge is -2.07. The number of hydrogen-bond acceptors (Lipinski definition) is 3. The number of nitro groups is 1. The lowest BCUT2D eigenvalue weighted by molar-refractivity contribution is -0.523. The molecule has 0 bridgehead atoms. The third kappa shape index (κ3) is 1.84. The van der Waals surface area contributed by atoms with E-state index in [1.165, 1.54) is 0 Å². The first-order chi connectivity index (χ1) is 8.13. The average molecular weight is 233 g/mol. The van der Waals surface area contributed by atoms with Crippen LogP contribution in [0.5, 0.6) is 0 Å². The topological polar surface area (TPSA) is 60.2 Å². The Balaban J connectivity index is 2.25. The van der Waals surface area contributed by atoms with E-state index in [1.807, 2.05) is 37.3 Å². The quantitative estimate of drug-likeness (QED) is 0.580. The van der Waals surface area contributed by atoms with Crippen LogP contribution in [0.15, 0.2) is 30.3 Å². The monoisotopic (exact) mass is 233 g/mol. The van der Waals surface area contributed by atoms with Crippen molar-refractivity contribution in [1.29, 1.82) is 0 Å². The zero-order chi connectivity index (χ0) is 12.5. The van der Waals surface area contributed by atoms with Crippen LogP contribution < -0.4 is 0 Å². The highest BCUT2D eigenvalue weighted by Gasteiger charge is 2.71. The fraction of sp³-hybridized carbons (Fsp3) is 0.462. The van der Waals surface area contributed by atoms with Gasteiger partial charge in [0.05, 0.1) is 5.92 Å². The minimum atomic E-state index is -1.34. The smallest absolute Gasteiger partial charge is 0.287 e. The molecule has 2 atom stereocenters. The maximum absolute atomic E-state index is 11.9. The molecule has 0 unspecified atom stereocenters. The van der Waals surface area contributed by atoms with Gasteiger partial charge in [0, 0.05) is 17.8 Å². The summed E-state index contributed by atoms with van der Waals surface area (Å²) in [5, 5.41) is 11.2. The molecular formula is C13H15NO3. The highest BCUT2D eigenvalue weighted by Crippen LogP contribution is 2.54. The van der Waals surface area contributed by atoms with Crippen LogP contribution in [-0.2, 0) is 4.79 Å². The Morgan fingerprint density at radius 1 is 1.47 bits per heavy atom. The Morgan fingerprint density at radius 3 is 2.65 bits per heavy atom. The van der Waals surface area contributed by atoms with Gasteiger partial charge in [-0.25, -0.2) is 0 Å². The first-order valence-corrected chi connectivity index (χ1v) is 5.85. The highest BCUT2D eigenvalue weighted by atomic mass is 16.6. The molecule has 4 heteroatoms. The molecule has 1 aromatic carbocycles. The third-order valence-electron chi connectivity index (χ3n) is 3.42. The van der Waals surface area contributed by atoms with E-state index in [4.69, 9.17) is 0 Å². The number of carbonyl (C=O) groups is 1. The molecule has 0 aromatic heterocycles. The highest BCUT2D eigenvalue weighted by molar-refractivity contribution is 5.91. The van der Waals surface area contributed by atoms with Crippen LogP contribution in [0.4, 0.5) is 0 Å². The Morgan fingerprint density at radius 2 is 2.12 bits per heavy atom. The van der Waals surface area contributed by atoms with E-state index in [2.05, 4.69) is 0 Å². The summed E-state index contributed by atoms with van der Waals surface area (Å²) in [6, 6.07) is 9.28. The van der Waals surface area contributed by atoms with Crippen molar-refractivity contribution in [3.8, 4) is 0 Å². The minimum Gasteiger partial charge on any atom is -0.292 e. The largest absolute Gasteiger partial charge is 0.292 e. The van der Waals surface area contributed by atoms with Crippen molar-refractivity contribution in [2.75, 3.05) is 0 Å². The molecule has 1 aliphatic carbocycles. The van der Waals surface area contributed by atoms with Crippen molar-refractivity contribution in [3.63, 3.8) is 0 Å². The standard InChI is InChI=1S/C13H15NO3/c1-2-6-12(15)13(14(16)17)9-11(13)10-7-4-3-5-8-10/h3-5,7-8,11H,2,6,9H2,1H3/t11-,13-/m1/s1. The van der Waals surface area contributed by atoms with Crippen molar-refractivity contribution in [1.82, 2.24) is 0 Å². The molecule has 1 fully saturated rings. The predicted molar refractivity (Wildman–Crippen MR) is 63.4 cm³/mol. The third-order valence-corrected chi connectivity index (χ3v) is 3.42. The lowest BCUT2D eigenvalue weighted by Crippen LogP contribution is -2.33. The van der Waals surface area contributed by atoms with Gasteiger partial charge < -0.3 is 0 Å². The number of ketones is 1. The fourth-order valence-corrected chi connectivity index (χ4v) is 2.39. The number of Topliss-reactive ketones (excluding diaryl/α,β-unsaturated/α-hetero) is 1. The second kappa shape index (κ2) is 4.28. The van der Waals surface area contributed by atoms with Gasteiger partial charge in [-0.2, -0.15) is 0 Å². The van der Waals surface area contributed by atoms with Crippen LogP contribution in [0.25, 0.3) is 0 Å². The van der Waals surface area contributed by atoms with Gasteiger partial charge in [0.1, 0.15) is 0 Å². The maximum atomic E-state index is 11.9. The number of carbonyl (C=O) groups excluding carboxylic acids is 1. The van der Waals surface area contributed by atoms with E-state index < -0.39 is 5.54 Å². The van der Waals surface area contributed by atoms with Crippen molar-refractivity contribution in [2.45, 2.75) is 37.6 Å². The SMILES string of the molecule is CCCC(=O)[C@@]1([N+](=O)[O-])C[C@@H]1c1ccccc1. The predicted octanol–water partition coefficient (Wildman–Crippen LogP) is 2.56. The van der Waals surface area contributed by atoms with Gasteiger partial charge in [-0.3, -0.25) is 14.9 Å². The van der Waals surface area contributed by atoms with Crippen LogP contribution in [0.1, 0.15) is 37.7 Å². The summed E-state index contributed by atoms with van der Waals surface area (Å²) >= 11 is 0. The van der Waals surface area contributed by atoms with Gasteiger partial charge in [0.15, 0.2) is 0 Å². The number of rotatable bonds is 5. The summed E-state index contributed by atoms with van der Waals surface area (Å²) in [5.74, 6) is -0.461. The molecule has 0 saturated heterocycles. The van der Waals surface area contributed by atoms with Gasteiger partial charge in [0.2, 0.25) is 5.78 Å². The zero-order valence-electron chi connectivity index (χ0n) is 9.76. The first kappa shape index (κ1) is 11.8. The summed E-state index contributed by atoms with van der Waals surface area (Å²) in [6.07, 6.45) is 1.31. The number of benzene rings is 1. The molecule has 0 spiro atoms. The van der Waals surface area contributed by atoms with E-state index in [-0.39, 0.29) is 16.6 Å². The Labute approximate surface area is 99.8 Å². The van der Waals surface area contributed by atoms with Crippen LogP contribution in [0.2, 0.25) is 0 Å². The van der Waals surface area contributed by atoms with Gasteiger partial charge in [-0.05, 0) is 12.0 Å². The minimum absolute atomic E-state index is 0.223. The van der Waals surface area contributed by atoms with Crippen LogP contribution >= 0.6 is 0 Å². The second-order valence-electron chi connectivity index (χ2n) is 4.52. The van der Waals surface area contributed by atoms with Gasteiger partial charge >= 0.3 is 0 Å². The molecule has 90 valence electrons. The Bertz CT molecular complexity index is 443. The lowest BCUT2D eigenvalue weighted by atomic mass is 10.0. The Hall–Kier alpha value is -1.71. The molecule has 4 nitrogen and oxygen atoms in total. The molecule has 17 heavy (non-hydrogen) atoms. The van der Waals surface area contributed by atoms with Crippen LogP contribution in [0, 0.1) is 10.1 Å². The van der Waals surface area contributed by atoms with Crippen molar-refractivity contribution < 1.29 is 9.72 Å². The Kier molecular flexibility index (Phi) is 2.96. The van der Waals surface area contributed by atoms with Crippen LogP contribution in [-0.4, -0.2) is 16.2 Å². The molecule has 0 N–H and O–H groups in total. The molecule has 0 radical (unpaired) electrons. The second-order valence-corrected chi connectivity index (χ2v) is 4.52. The molecule has 1 aliphatic rings. The first-order valence-electron chi connectivity index (χ1n) is 5.85. The van der Waals surface area contributed by atoms with Gasteiger partial charge in [0.25, 0.3) is 5.54 Å². The van der Waals surface area contributed by atoms with Gasteiger partial charge in [-0.1, -0.05) is 37.3 Å². The molecule has 1 aromatic rings.